The number of aromatic nitrogens is 2. The Morgan fingerprint density at radius 1 is 1.24 bits per heavy atom. The van der Waals surface area contributed by atoms with Crippen LogP contribution in [0, 0.1) is 11.7 Å². The van der Waals surface area contributed by atoms with E-state index in [1.54, 1.807) is 6.07 Å². The lowest BCUT2D eigenvalue weighted by atomic mass is 10.0. The number of benzene rings is 1. The molecule has 1 aromatic carbocycles. The van der Waals surface area contributed by atoms with Gasteiger partial charge in [0.2, 0.25) is 0 Å². The zero-order valence-electron chi connectivity index (χ0n) is 13.7. The van der Waals surface area contributed by atoms with Gasteiger partial charge in [0.1, 0.15) is 11.3 Å². The number of aryl methyl sites for hydroxylation is 1. The van der Waals surface area contributed by atoms with Crippen LogP contribution in [0.4, 0.5) is 4.39 Å². The molecule has 0 spiro atoms. The topological polar surface area (TPSA) is 21.1 Å². The summed E-state index contributed by atoms with van der Waals surface area (Å²) in [6.07, 6.45) is 0. The summed E-state index contributed by atoms with van der Waals surface area (Å²) in [4.78, 5) is 6.96. The van der Waals surface area contributed by atoms with Gasteiger partial charge in [0.15, 0.2) is 5.82 Å². The zero-order chi connectivity index (χ0) is 15.6. The average molecular weight is 291 g/mol. The van der Waals surface area contributed by atoms with Crippen LogP contribution in [0.25, 0.3) is 11.0 Å². The fraction of sp³-hybridized carbons (Fsp3) is 0.588. The molecule has 0 bridgehead atoms. The Balaban J connectivity index is 2.39. The summed E-state index contributed by atoms with van der Waals surface area (Å²) >= 11 is 0. The zero-order valence-corrected chi connectivity index (χ0v) is 13.7. The molecule has 0 fully saturated rings. The van der Waals surface area contributed by atoms with E-state index in [9.17, 15) is 4.39 Å². The van der Waals surface area contributed by atoms with Crippen molar-refractivity contribution in [1.29, 1.82) is 0 Å². The van der Waals surface area contributed by atoms with E-state index in [-0.39, 0.29) is 5.82 Å². The first-order valence-corrected chi connectivity index (χ1v) is 7.87. The van der Waals surface area contributed by atoms with Gasteiger partial charge in [-0.25, -0.2) is 9.37 Å². The van der Waals surface area contributed by atoms with Crippen LogP contribution < -0.4 is 0 Å². The van der Waals surface area contributed by atoms with Gasteiger partial charge in [-0.3, -0.25) is 4.90 Å². The Hall–Kier alpha value is -1.42. The molecule has 0 amide bonds. The number of nitrogens with zero attached hydrogens (tertiary/aromatic N) is 3. The van der Waals surface area contributed by atoms with Crippen molar-refractivity contribution in [1.82, 2.24) is 14.5 Å². The van der Waals surface area contributed by atoms with Gasteiger partial charge in [-0.15, -0.1) is 0 Å². The number of imidazole rings is 1. The molecular formula is C17H26FN3. The highest BCUT2D eigenvalue weighted by atomic mass is 19.1. The smallest absolute Gasteiger partial charge is 0.151 e. The van der Waals surface area contributed by atoms with E-state index in [0.29, 0.717) is 17.5 Å². The normalized spacial score (nSPS) is 13.5. The molecule has 1 aromatic heterocycles. The summed E-state index contributed by atoms with van der Waals surface area (Å²) in [5.41, 5.74) is 1.38. The number of para-hydroxylation sites is 1. The predicted octanol–water partition coefficient (Wildman–Crippen LogP) is 4.06. The second kappa shape index (κ2) is 6.56. The maximum Gasteiger partial charge on any atom is 0.151 e. The van der Waals surface area contributed by atoms with Crippen molar-refractivity contribution in [3.8, 4) is 0 Å². The third-order valence-electron chi connectivity index (χ3n) is 4.42. The number of fused-ring (bicyclic) bond motifs is 1. The van der Waals surface area contributed by atoms with Gasteiger partial charge >= 0.3 is 0 Å². The minimum atomic E-state index is -0.235. The minimum absolute atomic E-state index is 0.235. The molecule has 2 aromatic rings. The molecule has 4 heteroatoms. The molecule has 0 N–H and O–H groups in total. The molecular weight excluding hydrogens is 265 g/mol. The van der Waals surface area contributed by atoms with Crippen LogP contribution in [-0.4, -0.2) is 27.0 Å². The van der Waals surface area contributed by atoms with E-state index in [4.69, 9.17) is 0 Å². The highest BCUT2D eigenvalue weighted by Crippen LogP contribution is 2.21. The first-order chi connectivity index (χ1) is 9.99. The van der Waals surface area contributed by atoms with E-state index >= 15 is 0 Å². The highest BCUT2D eigenvalue weighted by Gasteiger charge is 2.20. The van der Waals surface area contributed by atoms with Gasteiger partial charge in [-0.2, -0.15) is 0 Å². The molecule has 0 saturated heterocycles. The Bertz CT molecular complexity index is 603. The number of halogens is 1. The second-order valence-corrected chi connectivity index (χ2v) is 5.93. The summed E-state index contributed by atoms with van der Waals surface area (Å²) in [6.45, 7) is 13.5. The van der Waals surface area contributed by atoms with Crippen molar-refractivity contribution in [2.24, 2.45) is 5.92 Å². The lowest BCUT2D eigenvalue weighted by Crippen LogP contribution is -2.36. The minimum Gasteiger partial charge on any atom is -0.327 e. The molecule has 1 atom stereocenters. The van der Waals surface area contributed by atoms with Gasteiger partial charge in [-0.1, -0.05) is 26.8 Å². The molecule has 3 nitrogen and oxygen atoms in total. The standard InChI is InChI=1S/C17H26FN3/c1-6-20(13(5)12(3)4)11-16-19-17-14(18)9-8-10-15(17)21(16)7-2/h8-10,12-13H,6-7,11H2,1-5H3. The summed E-state index contributed by atoms with van der Waals surface area (Å²) in [7, 11) is 0. The molecule has 0 saturated carbocycles. The van der Waals surface area contributed by atoms with Crippen LogP contribution in [0.15, 0.2) is 18.2 Å². The fourth-order valence-corrected chi connectivity index (χ4v) is 2.78. The molecule has 116 valence electrons. The van der Waals surface area contributed by atoms with E-state index in [1.807, 2.05) is 6.07 Å². The van der Waals surface area contributed by atoms with Crippen LogP contribution in [0.1, 0.15) is 40.4 Å². The van der Waals surface area contributed by atoms with Gasteiger partial charge in [0, 0.05) is 12.6 Å². The molecule has 1 heterocycles. The first kappa shape index (κ1) is 16.0. The highest BCUT2D eigenvalue weighted by molar-refractivity contribution is 5.76. The quantitative estimate of drug-likeness (QED) is 0.800. The van der Waals surface area contributed by atoms with Gasteiger partial charge in [0.25, 0.3) is 0 Å². The van der Waals surface area contributed by atoms with Crippen molar-refractivity contribution < 1.29 is 4.39 Å². The van der Waals surface area contributed by atoms with Gasteiger partial charge in [-0.05, 0) is 38.4 Å². The van der Waals surface area contributed by atoms with Crippen LogP contribution in [-0.2, 0) is 13.1 Å². The average Bonchev–Trinajstić information content (AvgIpc) is 2.82. The first-order valence-electron chi connectivity index (χ1n) is 7.87. The SMILES string of the molecule is CCN(Cc1nc2c(F)cccc2n1CC)C(C)C(C)C. The van der Waals surface area contributed by atoms with E-state index in [0.717, 1.165) is 31.0 Å². The summed E-state index contributed by atoms with van der Waals surface area (Å²) in [5.74, 6) is 1.30. The predicted molar refractivity (Wildman–Crippen MR) is 85.7 cm³/mol. The van der Waals surface area contributed by atoms with Gasteiger partial charge in [0.05, 0.1) is 12.1 Å². The lowest BCUT2D eigenvalue weighted by molar-refractivity contribution is 0.163. The van der Waals surface area contributed by atoms with Crippen LogP contribution in [0.2, 0.25) is 0 Å². The van der Waals surface area contributed by atoms with Gasteiger partial charge < -0.3 is 4.57 Å². The molecule has 0 aliphatic carbocycles. The number of rotatable bonds is 6. The summed E-state index contributed by atoms with van der Waals surface area (Å²) in [5, 5.41) is 0. The third kappa shape index (κ3) is 3.10. The molecule has 0 aliphatic heterocycles. The van der Waals surface area contributed by atoms with E-state index < -0.39 is 0 Å². The van der Waals surface area contributed by atoms with Crippen LogP contribution >= 0.6 is 0 Å². The van der Waals surface area contributed by atoms with Crippen molar-refractivity contribution in [2.45, 2.75) is 53.8 Å². The maximum atomic E-state index is 13.9. The van der Waals surface area contributed by atoms with Crippen molar-refractivity contribution in [2.75, 3.05) is 6.54 Å². The summed E-state index contributed by atoms with van der Waals surface area (Å²) in [6, 6.07) is 5.66. The molecule has 2 rings (SSSR count). The largest absolute Gasteiger partial charge is 0.327 e. The van der Waals surface area contributed by atoms with E-state index in [1.165, 1.54) is 6.07 Å². The Kier molecular flexibility index (Phi) is 4.99. The molecule has 1 unspecified atom stereocenters. The van der Waals surface area contributed by atoms with Crippen molar-refractivity contribution in [3.63, 3.8) is 0 Å². The number of hydrogen-bond donors (Lipinski definition) is 0. The Labute approximate surface area is 126 Å². The lowest BCUT2D eigenvalue weighted by Gasteiger charge is -2.30. The monoisotopic (exact) mass is 291 g/mol. The van der Waals surface area contributed by atoms with Crippen LogP contribution in [0.3, 0.4) is 0 Å². The van der Waals surface area contributed by atoms with E-state index in [2.05, 4.69) is 49.1 Å². The van der Waals surface area contributed by atoms with Crippen molar-refractivity contribution in [3.05, 3.63) is 29.8 Å². The Morgan fingerprint density at radius 3 is 2.52 bits per heavy atom. The fourth-order valence-electron chi connectivity index (χ4n) is 2.78. The number of hydrogen-bond acceptors (Lipinski definition) is 2. The maximum absolute atomic E-state index is 13.9. The van der Waals surface area contributed by atoms with Crippen molar-refractivity contribution >= 4 is 11.0 Å². The molecule has 0 aliphatic rings. The van der Waals surface area contributed by atoms with Crippen LogP contribution in [0.5, 0.6) is 0 Å². The molecule has 0 radical (unpaired) electrons. The molecule has 21 heavy (non-hydrogen) atoms. The third-order valence-corrected chi connectivity index (χ3v) is 4.42. The second-order valence-electron chi connectivity index (χ2n) is 5.93. The summed E-state index contributed by atoms with van der Waals surface area (Å²) < 4.78 is 16.1. The Morgan fingerprint density at radius 2 is 1.95 bits per heavy atom.